The summed E-state index contributed by atoms with van der Waals surface area (Å²) in [4.78, 5) is 0. The second kappa shape index (κ2) is 9.15. The van der Waals surface area contributed by atoms with Crippen LogP contribution in [0.1, 0.15) is 61.8 Å². The summed E-state index contributed by atoms with van der Waals surface area (Å²) < 4.78 is 5.71. The topological polar surface area (TPSA) is 6.48 Å². The van der Waals surface area contributed by atoms with Crippen LogP contribution in [0.5, 0.6) is 0 Å². The molecule has 0 saturated carbocycles. The molecule has 2 nitrogen and oxygen atoms in total. The van der Waals surface area contributed by atoms with Gasteiger partial charge in [0.05, 0.1) is 0 Å². The van der Waals surface area contributed by atoms with E-state index in [9.17, 15) is 0 Å². The third kappa shape index (κ3) is 4.76. The van der Waals surface area contributed by atoms with Crippen molar-refractivity contribution in [3.05, 3.63) is 0 Å². The molecule has 0 aliphatic carbocycles. The Kier molecular flexibility index (Phi) is 9.09. The van der Waals surface area contributed by atoms with E-state index in [1.54, 1.807) is 0 Å². The van der Waals surface area contributed by atoms with Crippen LogP contribution in [0.4, 0.5) is 0 Å². The molecule has 1 aliphatic heterocycles. The van der Waals surface area contributed by atoms with Gasteiger partial charge in [-0.25, -0.2) is 0 Å². The fourth-order valence-electron chi connectivity index (χ4n) is 4.01. The first-order valence-electron chi connectivity index (χ1n) is 9.18. The minimum atomic E-state index is -1.16. The first-order valence-corrected chi connectivity index (χ1v) is 17.4. The van der Waals surface area contributed by atoms with E-state index in [2.05, 4.69) is 94.9 Å². The normalized spacial score (nSPS) is 20.0. The number of nitrogens with zero attached hydrogens (tertiary/aromatic N) is 2. The van der Waals surface area contributed by atoms with Gasteiger partial charge >= 0.3 is 161 Å². The van der Waals surface area contributed by atoms with Crippen LogP contribution < -0.4 is 0 Å². The van der Waals surface area contributed by atoms with Gasteiger partial charge in [0.15, 0.2) is 0 Å². The average molecular weight is 490 g/mol. The quantitative estimate of drug-likeness (QED) is 0.395. The van der Waals surface area contributed by atoms with Gasteiger partial charge in [-0.05, 0) is 0 Å². The van der Waals surface area contributed by atoms with Crippen molar-refractivity contribution in [1.29, 1.82) is 0 Å². The van der Waals surface area contributed by atoms with Crippen molar-refractivity contribution in [3.63, 3.8) is 0 Å². The summed E-state index contributed by atoms with van der Waals surface area (Å²) in [6.07, 6.45) is 1.31. The van der Waals surface area contributed by atoms with E-state index in [0.717, 1.165) is 22.6 Å². The van der Waals surface area contributed by atoms with Crippen molar-refractivity contribution >= 4 is 41.5 Å². The van der Waals surface area contributed by atoms with E-state index in [0.29, 0.717) is 0 Å². The van der Waals surface area contributed by atoms with Gasteiger partial charge in [0.2, 0.25) is 0 Å². The summed E-state index contributed by atoms with van der Waals surface area (Å²) in [5.41, 5.74) is 0.671. The molecule has 0 amide bonds. The molecule has 0 spiro atoms. The van der Waals surface area contributed by atoms with Gasteiger partial charge in [-0.3, -0.25) is 0 Å². The van der Waals surface area contributed by atoms with E-state index in [4.69, 9.17) is 0 Å². The predicted molar refractivity (Wildman–Crippen MR) is 114 cm³/mol. The summed E-state index contributed by atoms with van der Waals surface area (Å²) in [7, 11) is 0. The van der Waals surface area contributed by atoms with Gasteiger partial charge in [0.25, 0.3) is 0 Å². The van der Waals surface area contributed by atoms with Crippen LogP contribution in [0.15, 0.2) is 0 Å². The summed E-state index contributed by atoms with van der Waals surface area (Å²) in [5.74, 6) is 0. The van der Waals surface area contributed by atoms with Gasteiger partial charge in [-0.1, -0.05) is 0 Å². The molecule has 0 radical (unpaired) electrons. The molecule has 1 fully saturated rings. The van der Waals surface area contributed by atoms with Crippen molar-refractivity contribution in [2.75, 3.05) is 26.2 Å². The number of rotatable bonds is 6. The van der Waals surface area contributed by atoms with Crippen molar-refractivity contribution in [1.82, 2.24) is 9.34 Å². The molecule has 0 aromatic carbocycles. The third-order valence-corrected chi connectivity index (χ3v) is 27.3. The van der Waals surface area contributed by atoms with Crippen LogP contribution in [-0.4, -0.2) is 88.4 Å². The van der Waals surface area contributed by atoms with Gasteiger partial charge in [0, 0.05) is 0 Å². The predicted octanol–water partition coefficient (Wildman–Crippen LogP) is 4.66. The van der Waals surface area contributed by atoms with Crippen molar-refractivity contribution in [2.24, 2.45) is 0 Å². The maximum absolute atomic E-state index is 3.71. The van der Waals surface area contributed by atoms with Crippen LogP contribution in [0.2, 0.25) is 0 Å². The first-order chi connectivity index (χ1) is 10.5. The Bertz CT molecular complexity index is 409. The third-order valence-electron chi connectivity index (χ3n) is 5.29. The minimum absolute atomic E-state index is 0.747. The average Bonchev–Trinajstić information content (AvgIpc) is 2.70. The molecule has 1 rings (SSSR count). The Hall–Kier alpha value is 1.82. The first kappa shape index (κ1) is 22.9. The molecule has 0 aromatic rings. The number of hydrogen-bond acceptors (Lipinski definition) is 2. The second-order valence-electron chi connectivity index (χ2n) is 7.98. The molecular formula is C17H38N2P2Se2. The Balaban J connectivity index is 3.01. The molecule has 0 atom stereocenters. The van der Waals surface area contributed by atoms with E-state index < -0.39 is 11.3 Å². The van der Waals surface area contributed by atoms with Crippen molar-refractivity contribution in [2.45, 2.75) is 84.4 Å². The van der Waals surface area contributed by atoms with Crippen LogP contribution in [-0.2, 0) is 0 Å². The Labute approximate surface area is 161 Å². The molecule has 0 N–H and O–H groups in total. The zero-order valence-electron chi connectivity index (χ0n) is 16.5. The Morgan fingerprint density at radius 1 is 0.565 bits per heavy atom. The van der Waals surface area contributed by atoms with E-state index in [-0.39, 0.29) is 0 Å². The summed E-state index contributed by atoms with van der Waals surface area (Å²) in [6.45, 7) is 24.3. The van der Waals surface area contributed by atoms with E-state index >= 15 is 0 Å². The molecule has 0 bridgehead atoms. The summed E-state index contributed by atoms with van der Waals surface area (Å²) >= 11 is 7.41. The van der Waals surface area contributed by atoms with Gasteiger partial charge in [-0.2, -0.15) is 0 Å². The van der Waals surface area contributed by atoms with Crippen LogP contribution in [0.3, 0.4) is 0 Å². The van der Waals surface area contributed by atoms with Crippen LogP contribution in [0, 0.1) is 0 Å². The second-order valence-corrected chi connectivity index (χ2v) is 23.3. The molecular weight excluding hydrogens is 452 g/mol. The fourth-order valence-corrected chi connectivity index (χ4v) is 12.8. The zero-order valence-corrected chi connectivity index (χ0v) is 21.7. The Morgan fingerprint density at radius 2 is 0.826 bits per heavy atom. The monoisotopic (exact) mass is 492 g/mol. The Morgan fingerprint density at radius 3 is 1.04 bits per heavy atom. The van der Waals surface area contributed by atoms with E-state index in [1.165, 1.54) is 32.6 Å². The van der Waals surface area contributed by atoms with Crippen molar-refractivity contribution in [3.8, 4) is 0 Å². The maximum atomic E-state index is 3.71. The van der Waals surface area contributed by atoms with Crippen molar-refractivity contribution < 1.29 is 0 Å². The number of hydrogen-bond donors (Lipinski definition) is 0. The van der Waals surface area contributed by atoms with Gasteiger partial charge in [0.1, 0.15) is 0 Å². The fraction of sp³-hybridized carbons (Fsp3) is 1.00. The SMILES string of the molecule is CC(C)P(=[Se])(C(C)C)N1CCCN(P(=[Se])(C(C)C)C(C)C)CC1. The summed E-state index contributed by atoms with van der Waals surface area (Å²) in [5, 5.41) is 0. The van der Waals surface area contributed by atoms with Crippen LogP contribution >= 0.6 is 11.3 Å². The molecule has 23 heavy (non-hydrogen) atoms. The standard InChI is InChI=1S/C17H38N2P2Se2/c1-14(2)20(22,15(3)4)18-10-9-11-19(13-12-18)21(23,16(5)6)17(7)8/h14-17H,9-13H2,1-8H3. The molecule has 6 heteroatoms. The zero-order chi connectivity index (χ0) is 18.0. The molecule has 1 saturated heterocycles. The summed E-state index contributed by atoms with van der Waals surface area (Å²) in [6, 6.07) is 0. The molecule has 1 aliphatic rings. The van der Waals surface area contributed by atoms with Gasteiger partial charge in [-0.15, -0.1) is 0 Å². The molecule has 1 heterocycles. The molecule has 138 valence electrons. The van der Waals surface area contributed by atoms with Gasteiger partial charge < -0.3 is 0 Å². The molecule has 0 unspecified atom stereocenters. The molecule has 0 aromatic heterocycles. The van der Waals surface area contributed by atoms with E-state index in [1.807, 2.05) is 0 Å². The van der Waals surface area contributed by atoms with Crippen LogP contribution in [0.25, 0.3) is 0 Å².